The Labute approximate surface area is 92.7 Å². The van der Waals surface area contributed by atoms with Gasteiger partial charge in [-0.15, -0.1) is 0 Å². The van der Waals surface area contributed by atoms with Crippen molar-refractivity contribution in [3.05, 3.63) is 35.4 Å². The van der Waals surface area contributed by atoms with Crippen LogP contribution in [0.4, 0.5) is 8.78 Å². The van der Waals surface area contributed by atoms with Gasteiger partial charge in [-0.05, 0) is 37.2 Å². The Morgan fingerprint density at radius 2 is 2.06 bits per heavy atom. The first-order chi connectivity index (χ1) is 7.59. The van der Waals surface area contributed by atoms with Crippen LogP contribution in [-0.2, 0) is 0 Å². The predicted molar refractivity (Wildman–Crippen MR) is 56.2 cm³/mol. The van der Waals surface area contributed by atoms with Crippen molar-refractivity contribution < 1.29 is 13.6 Å². The standard InChI is InChI=1S/C12H13F2NO/c1-7(9-5-15-6-9)12(16)8-2-3-10(13)11(14)4-8/h2-4,7,9,15H,5-6H2,1H3. The van der Waals surface area contributed by atoms with Crippen LogP contribution in [0.1, 0.15) is 17.3 Å². The number of halogens is 2. The number of hydrogen-bond donors (Lipinski definition) is 1. The third-order valence-corrected chi connectivity index (χ3v) is 3.14. The van der Waals surface area contributed by atoms with Crippen molar-refractivity contribution in [2.24, 2.45) is 11.8 Å². The van der Waals surface area contributed by atoms with Crippen LogP contribution in [0.2, 0.25) is 0 Å². The number of carbonyl (C=O) groups is 1. The Balaban J connectivity index is 2.16. The average molecular weight is 225 g/mol. The highest BCUT2D eigenvalue weighted by Crippen LogP contribution is 2.21. The summed E-state index contributed by atoms with van der Waals surface area (Å²) in [7, 11) is 0. The molecule has 0 aliphatic carbocycles. The molecule has 1 aromatic carbocycles. The molecule has 16 heavy (non-hydrogen) atoms. The van der Waals surface area contributed by atoms with E-state index in [4.69, 9.17) is 0 Å². The number of carbonyl (C=O) groups excluding carboxylic acids is 1. The largest absolute Gasteiger partial charge is 0.316 e. The lowest BCUT2D eigenvalue weighted by Gasteiger charge is -2.31. The van der Waals surface area contributed by atoms with Crippen LogP contribution < -0.4 is 5.32 Å². The van der Waals surface area contributed by atoms with Gasteiger partial charge >= 0.3 is 0 Å². The molecule has 1 saturated heterocycles. The van der Waals surface area contributed by atoms with Crippen molar-refractivity contribution in [3.63, 3.8) is 0 Å². The van der Waals surface area contributed by atoms with E-state index in [-0.39, 0.29) is 17.3 Å². The van der Waals surface area contributed by atoms with E-state index >= 15 is 0 Å². The summed E-state index contributed by atoms with van der Waals surface area (Å²) in [5.74, 6) is -1.85. The van der Waals surface area contributed by atoms with E-state index in [1.807, 2.05) is 6.92 Å². The Hall–Kier alpha value is -1.29. The van der Waals surface area contributed by atoms with Crippen LogP contribution in [-0.4, -0.2) is 18.9 Å². The molecular formula is C12H13F2NO. The van der Waals surface area contributed by atoms with Crippen molar-refractivity contribution >= 4 is 5.78 Å². The van der Waals surface area contributed by atoms with Gasteiger partial charge in [0.25, 0.3) is 0 Å². The maximum Gasteiger partial charge on any atom is 0.166 e. The van der Waals surface area contributed by atoms with Crippen LogP contribution in [0.25, 0.3) is 0 Å². The number of rotatable bonds is 3. The SMILES string of the molecule is CC(C(=O)c1ccc(F)c(F)c1)C1CNC1. The maximum absolute atomic E-state index is 13.0. The molecule has 1 atom stereocenters. The highest BCUT2D eigenvalue weighted by Gasteiger charge is 2.29. The van der Waals surface area contributed by atoms with Crippen molar-refractivity contribution in [2.45, 2.75) is 6.92 Å². The second-order valence-corrected chi connectivity index (χ2v) is 4.20. The van der Waals surface area contributed by atoms with E-state index in [0.29, 0.717) is 5.92 Å². The van der Waals surface area contributed by atoms with E-state index in [1.165, 1.54) is 6.07 Å². The highest BCUT2D eigenvalue weighted by atomic mass is 19.2. The van der Waals surface area contributed by atoms with Crippen LogP contribution in [0.3, 0.4) is 0 Å². The van der Waals surface area contributed by atoms with Gasteiger partial charge < -0.3 is 5.32 Å². The summed E-state index contributed by atoms with van der Waals surface area (Å²) in [5, 5.41) is 3.08. The Bertz CT molecular complexity index is 415. The minimum absolute atomic E-state index is 0.120. The molecule has 1 heterocycles. The monoisotopic (exact) mass is 225 g/mol. The number of benzene rings is 1. The Kier molecular flexibility index (Phi) is 3.01. The minimum Gasteiger partial charge on any atom is -0.316 e. The molecule has 0 bridgehead atoms. The van der Waals surface area contributed by atoms with E-state index < -0.39 is 11.6 Å². The Morgan fingerprint density at radius 3 is 2.56 bits per heavy atom. The molecule has 86 valence electrons. The first-order valence-corrected chi connectivity index (χ1v) is 5.29. The van der Waals surface area contributed by atoms with Gasteiger partial charge in [-0.25, -0.2) is 8.78 Å². The lowest BCUT2D eigenvalue weighted by molar-refractivity contribution is 0.0853. The van der Waals surface area contributed by atoms with Gasteiger partial charge in [-0.2, -0.15) is 0 Å². The third-order valence-electron chi connectivity index (χ3n) is 3.14. The smallest absolute Gasteiger partial charge is 0.166 e. The molecule has 1 fully saturated rings. The van der Waals surface area contributed by atoms with Gasteiger partial charge in [-0.1, -0.05) is 6.92 Å². The minimum atomic E-state index is -0.968. The molecular weight excluding hydrogens is 212 g/mol. The number of ketones is 1. The fraction of sp³-hybridized carbons (Fsp3) is 0.417. The van der Waals surface area contributed by atoms with E-state index in [2.05, 4.69) is 5.32 Å². The summed E-state index contributed by atoms with van der Waals surface area (Å²) >= 11 is 0. The molecule has 2 nitrogen and oxygen atoms in total. The van der Waals surface area contributed by atoms with Crippen LogP contribution in [0.15, 0.2) is 18.2 Å². The summed E-state index contributed by atoms with van der Waals surface area (Å²) < 4.78 is 25.7. The first-order valence-electron chi connectivity index (χ1n) is 5.29. The van der Waals surface area contributed by atoms with Gasteiger partial charge in [0, 0.05) is 11.5 Å². The van der Waals surface area contributed by atoms with Crippen LogP contribution >= 0.6 is 0 Å². The maximum atomic E-state index is 13.0. The second-order valence-electron chi connectivity index (χ2n) is 4.20. The summed E-state index contributed by atoms with van der Waals surface area (Å²) in [5.41, 5.74) is 0.248. The van der Waals surface area contributed by atoms with E-state index in [9.17, 15) is 13.6 Å². The lowest BCUT2D eigenvalue weighted by Crippen LogP contribution is -2.47. The van der Waals surface area contributed by atoms with Gasteiger partial charge in [0.2, 0.25) is 0 Å². The molecule has 1 aromatic rings. The summed E-state index contributed by atoms with van der Waals surface area (Å²) in [6.45, 7) is 3.46. The first kappa shape index (κ1) is 11.2. The zero-order valence-electron chi connectivity index (χ0n) is 8.97. The van der Waals surface area contributed by atoms with E-state index in [1.54, 1.807) is 0 Å². The molecule has 1 aliphatic rings. The van der Waals surface area contributed by atoms with Crippen LogP contribution in [0, 0.1) is 23.5 Å². The molecule has 0 radical (unpaired) electrons. The van der Waals surface area contributed by atoms with Crippen LogP contribution in [0.5, 0.6) is 0 Å². The third kappa shape index (κ3) is 1.97. The number of Topliss-reactive ketones (excluding diaryl/α,β-unsaturated/α-hetero) is 1. The second kappa shape index (κ2) is 4.29. The normalized spacial score (nSPS) is 17.9. The fourth-order valence-corrected chi connectivity index (χ4v) is 1.79. The molecule has 1 N–H and O–H groups in total. The molecule has 0 saturated carbocycles. The average Bonchev–Trinajstić information content (AvgIpc) is 2.18. The van der Waals surface area contributed by atoms with Crippen molar-refractivity contribution in [3.8, 4) is 0 Å². The van der Waals surface area contributed by atoms with Crippen molar-refractivity contribution in [1.82, 2.24) is 5.32 Å². The highest BCUT2D eigenvalue weighted by molar-refractivity contribution is 5.97. The van der Waals surface area contributed by atoms with Crippen molar-refractivity contribution in [2.75, 3.05) is 13.1 Å². The summed E-state index contributed by atoms with van der Waals surface area (Å²) in [6, 6.07) is 3.30. The van der Waals surface area contributed by atoms with Crippen molar-refractivity contribution in [1.29, 1.82) is 0 Å². The van der Waals surface area contributed by atoms with Gasteiger partial charge in [0.1, 0.15) is 0 Å². The quantitative estimate of drug-likeness (QED) is 0.797. The summed E-state index contributed by atoms with van der Waals surface area (Å²) in [6.07, 6.45) is 0. The van der Waals surface area contributed by atoms with Gasteiger partial charge in [0.05, 0.1) is 0 Å². The predicted octanol–water partition coefficient (Wildman–Crippen LogP) is 2.00. The number of hydrogen-bond acceptors (Lipinski definition) is 2. The zero-order valence-corrected chi connectivity index (χ0v) is 8.97. The lowest BCUT2D eigenvalue weighted by atomic mass is 9.83. The zero-order chi connectivity index (χ0) is 11.7. The molecule has 0 amide bonds. The van der Waals surface area contributed by atoms with Gasteiger partial charge in [0.15, 0.2) is 17.4 Å². The molecule has 0 spiro atoms. The topological polar surface area (TPSA) is 29.1 Å². The molecule has 0 aromatic heterocycles. The van der Waals surface area contributed by atoms with E-state index in [0.717, 1.165) is 25.2 Å². The molecule has 1 aliphatic heterocycles. The molecule has 2 rings (SSSR count). The number of nitrogens with one attached hydrogen (secondary N) is 1. The molecule has 1 unspecified atom stereocenters. The summed E-state index contributed by atoms with van der Waals surface area (Å²) in [4.78, 5) is 11.9. The molecule has 4 heteroatoms. The fourth-order valence-electron chi connectivity index (χ4n) is 1.79. The Morgan fingerprint density at radius 1 is 1.38 bits per heavy atom. The van der Waals surface area contributed by atoms with Gasteiger partial charge in [-0.3, -0.25) is 4.79 Å².